The number of nitrogens with one attached hydrogen (secondary N) is 1. The number of hydrogen-bond donors (Lipinski definition) is 1. The number of nitrogens with zero attached hydrogens (tertiary/aromatic N) is 4. The van der Waals surface area contributed by atoms with Gasteiger partial charge in [-0.25, -0.2) is 9.36 Å². The Hall–Kier alpha value is -4.12. The van der Waals surface area contributed by atoms with E-state index in [0.29, 0.717) is 0 Å². The monoisotopic (exact) mass is 417 g/mol. The summed E-state index contributed by atoms with van der Waals surface area (Å²) in [4.78, 5) is 0. The molecule has 0 bridgehead atoms. The van der Waals surface area contributed by atoms with Crippen molar-refractivity contribution >= 4 is 5.69 Å². The number of aromatic nitrogens is 4. The first kappa shape index (κ1) is 18.6. The second kappa shape index (κ2) is 7.24. The molecular formula is C27H23N5. The van der Waals surface area contributed by atoms with Gasteiger partial charge in [-0.3, -0.25) is 0 Å². The summed E-state index contributed by atoms with van der Waals surface area (Å²) < 4.78 is 4.05. The van der Waals surface area contributed by atoms with Crippen LogP contribution in [0.5, 0.6) is 0 Å². The molecule has 0 aliphatic carbocycles. The number of para-hydroxylation sites is 1. The van der Waals surface area contributed by atoms with Crippen LogP contribution in [0.3, 0.4) is 0 Å². The quantitative estimate of drug-likeness (QED) is 0.392. The number of fused-ring (bicyclic) bond motifs is 3. The molecule has 0 saturated carbocycles. The topological polar surface area (TPSA) is 47.7 Å². The maximum atomic E-state index is 5.01. The molecule has 2 aromatic heterocycles. The number of aryl methyl sites for hydroxylation is 2. The van der Waals surface area contributed by atoms with Crippen LogP contribution in [0.2, 0.25) is 0 Å². The average molecular weight is 418 g/mol. The highest BCUT2D eigenvalue weighted by molar-refractivity contribution is 5.80. The molecular weight excluding hydrogens is 394 g/mol. The Morgan fingerprint density at radius 2 is 1.56 bits per heavy atom. The first-order chi connectivity index (χ1) is 15.7. The lowest BCUT2D eigenvalue weighted by Crippen LogP contribution is -2.26. The number of anilines is 1. The Morgan fingerprint density at radius 1 is 0.812 bits per heavy atom. The predicted molar refractivity (Wildman–Crippen MR) is 128 cm³/mol. The van der Waals surface area contributed by atoms with Crippen LogP contribution in [-0.4, -0.2) is 19.6 Å². The van der Waals surface area contributed by atoms with E-state index in [1.54, 1.807) is 0 Å². The summed E-state index contributed by atoms with van der Waals surface area (Å²) in [5.74, 6) is 0. The molecule has 0 radical (unpaired) electrons. The van der Waals surface area contributed by atoms with Gasteiger partial charge >= 0.3 is 0 Å². The Bertz CT molecular complexity index is 1410. The van der Waals surface area contributed by atoms with Crippen molar-refractivity contribution in [3.8, 4) is 28.2 Å². The van der Waals surface area contributed by atoms with E-state index in [1.165, 1.54) is 11.1 Å². The Balaban J connectivity index is 1.56. The Kier molecular flexibility index (Phi) is 4.21. The molecule has 1 unspecified atom stereocenters. The third kappa shape index (κ3) is 3.02. The van der Waals surface area contributed by atoms with Crippen LogP contribution in [0.1, 0.15) is 23.0 Å². The predicted octanol–water partition coefficient (Wildman–Crippen LogP) is 5.99. The molecule has 0 spiro atoms. The van der Waals surface area contributed by atoms with Crippen molar-refractivity contribution in [3.63, 3.8) is 0 Å². The van der Waals surface area contributed by atoms with Gasteiger partial charge in [0.05, 0.1) is 22.8 Å². The zero-order chi connectivity index (χ0) is 21.7. The highest BCUT2D eigenvalue weighted by Crippen LogP contribution is 2.41. The van der Waals surface area contributed by atoms with Crippen LogP contribution < -0.4 is 5.32 Å². The fourth-order valence-corrected chi connectivity index (χ4v) is 4.45. The van der Waals surface area contributed by atoms with Crippen molar-refractivity contribution in [3.05, 3.63) is 108 Å². The molecule has 5 heteroatoms. The average Bonchev–Trinajstić information content (AvgIpc) is 3.44. The summed E-state index contributed by atoms with van der Waals surface area (Å²) >= 11 is 0. The Morgan fingerprint density at radius 3 is 2.34 bits per heavy atom. The lowest BCUT2D eigenvalue weighted by molar-refractivity contribution is 0.572. The summed E-state index contributed by atoms with van der Waals surface area (Å²) in [6.07, 6.45) is 1.96. The van der Waals surface area contributed by atoms with Crippen molar-refractivity contribution in [1.82, 2.24) is 19.6 Å². The molecule has 0 amide bonds. The van der Waals surface area contributed by atoms with Gasteiger partial charge in [-0.05, 0) is 44.2 Å². The molecule has 0 fully saturated rings. The summed E-state index contributed by atoms with van der Waals surface area (Å²) in [7, 11) is 0. The van der Waals surface area contributed by atoms with Crippen molar-refractivity contribution in [2.45, 2.75) is 20.0 Å². The fraction of sp³-hybridized carbons (Fsp3) is 0.111. The van der Waals surface area contributed by atoms with Crippen LogP contribution in [0.25, 0.3) is 28.2 Å². The molecule has 0 saturated heterocycles. The standard InChI is InChI=1S/C27H23N5/c1-18-13-14-24-22(15-18)25-16-19(2)29-32(25)27(28-24)23-17-31(21-11-7-4-8-12-21)30-26(23)20-9-5-3-6-10-20/h3-17,27-28H,1-2H3. The van der Waals surface area contributed by atoms with E-state index < -0.39 is 0 Å². The highest BCUT2D eigenvalue weighted by Gasteiger charge is 2.30. The van der Waals surface area contributed by atoms with Gasteiger partial charge in [0.25, 0.3) is 0 Å². The third-order valence-electron chi connectivity index (χ3n) is 5.95. The molecule has 1 aliphatic rings. The van der Waals surface area contributed by atoms with E-state index in [-0.39, 0.29) is 6.17 Å². The van der Waals surface area contributed by atoms with Gasteiger partial charge in [0.15, 0.2) is 6.17 Å². The van der Waals surface area contributed by atoms with Gasteiger partial charge in [-0.2, -0.15) is 10.2 Å². The van der Waals surface area contributed by atoms with Gasteiger partial charge < -0.3 is 5.32 Å². The summed E-state index contributed by atoms with van der Waals surface area (Å²) in [6.45, 7) is 4.17. The van der Waals surface area contributed by atoms with E-state index in [9.17, 15) is 0 Å². The minimum atomic E-state index is -0.165. The van der Waals surface area contributed by atoms with Crippen LogP contribution in [0.4, 0.5) is 5.69 Å². The van der Waals surface area contributed by atoms with Crippen molar-refractivity contribution in [2.75, 3.05) is 5.32 Å². The molecule has 32 heavy (non-hydrogen) atoms. The maximum absolute atomic E-state index is 5.01. The number of rotatable bonds is 3. The lowest BCUT2D eigenvalue weighted by atomic mass is 10.0. The van der Waals surface area contributed by atoms with Crippen LogP contribution in [0, 0.1) is 13.8 Å². The Labute approximate surface area is 187 Å². The van der Waals surface area contributed by atoms with Crippen LogP contribution in [0.15, 0.2) is 91.1 Å². The molecule has 5 aromatic rings. The fourth-order valence-electron chi connectivity index (χ4n) is 4.45. The summed E-state index contributed by atoms with van der Waals surface area (Å²) in [5, 5.41) is 13.6. The zero-order valence-corrected chi connectivity index (χ0v) is 18.0. The van der Waals surface area contributed by atoms with Crippen molar-refractivity contribution in [2.24, 2.45) is 0 Å². The molecule has 1 aliphatic heterocycles. The minimum Gasteiger partial charge on any atom is -0.359 e. The van der Waals surface area contributed by atoms with E-state index >= 15 is 0 Å². The molecule has 5 nitrogen and oxygen atoms in total. The summed E-state index contributed by atoms with van der Waals surface area (Å²) in [5.41, 5.74) is 9.78. The normalized spacial score (nSPS) is 14.5. The van der Waals surface area contributed by atoms with Crippen molar-refractivity contribution < 1.29 is 0 Å². The third-order valence-corrected chi connectivity index (χ3v) is 5.95. The van der Waals surface area contributed by atoms with Gasteiger partial charge in [0.1, 0.15) is 0 Å². The molecule has 3 aromatic carbocycles. The van der Waals surface area contributed by atoms with Gasteiger partial charge in [0.2, 0.25) is 0 Å². The maximum Gasteiger partial charge on any atom is 0.151 e. The van der Waals surface area contributed by atoms with Crippen LogP contribution in [-0.2, 0) is 0 Å². The number of hydrogen-bond acceptors (Lipinski definition) is 3. The lowest BCUT2D eigenvalue weighted by Gasteiger charge is -2.29. The molecule has 6 rings (SSSR count). The summed E-state index contributed by atoms with van der Waals surface area (Å²) in [6, 6.07) is 29.3. The first-order valence-electron chi connectivity index (χ1n) is 10.8. The second-order valence-corrected chi connectivity index (χ2v) is 8.29. The van der Waals surface area contributed by atoms with E-state index in [4.69, 9.17) is 10.2 Å². The van der Waals surface area contributed by atoms with Gasteiger partial charge in [-0.15, -0.1) is 0 Å². The first-order valence-corrected chi connectivity index (χ1v) is 10.8. The van der Waals surface area contributed by atoms with E-state index in [1.807, 2.05) is 35.9 Å². The molecule has 1 N–H and O–H groups in total. The van der Waals surface area contributed by atoms with E-state index in [2.05, 4.69) is 83.8 Å². The molecule has 156 valence electrons. The SMILES string of the molecule is Cc1ccc2c(c1)-c1cc(C)nn1C(c1cn(-c3ccccc3)nc1-c1ccccc1)N2. The largest absolute Gasteiger partial charge is 0.359 e. The number of benzene rings is 3. The van der Waals surface area contributed by atoms with E-state index in [0.717, 1.165) is 39.6 Å². The van der Waals surface area contributed by atoms with Crippen LogP contribution >= 0.6 is 0 Å². The van der Waals surface area contributed by atoms with Gasteiger partial charge in [0, 0.05) is 28.6 Å². The zero-order valence-electron chi connectivity index (χ0n) is 18.0. The molecule has 3 heterocycles. The van der Waals surface area contributed by atoms with Crippen molar-refractivity contribution in [1.29, 1.82) is 0 Å². The van der Waals surface area contributed by atoms with Gasteiger partial charge in [-0.1, -0.05) is 60.2 Å². The minimum absolute atomic E-state index is 0.165. The smallest absolute Gasteiger partial charge is 0.151 e. The molecule has 1 atom stereocenters. The highest BCUT2D eigenvalue weighted by atomic mass is 15.4. The second-order valence-electron chi connectivity index (χ2n) is 8.29.